The Morgan fingerprint density at radius 1 is 1.03 bits per heavy atom. The lowest BCUT2D eigenvalue weighted by molar-refractivity contribution is -0.137. The van der Waals surface area contributed by atoms with E-state index in [1.54, 1.807) is 0 Å². The van der Waals surface area contributed by atoms with Crippen LogP contribution in [-0.2, 0) is 12.7 Å². The number of carbonyl (C=O) groups excluding carboxylic acids is 1. The third-order valence-electron chi connectivity index (χ3n) is 5.35. The molecular formula is C22H22F3N5O. The SMILES string of the molecule is O=C(NC1CCN(Cc2ccccc2)CC1)c1cn(-c2ccccc2C(F)(F)F)nn1. The van der Waals surface area contributed by atoms with Crippen molar-refractivity contribution in [3.63, 3.8) is 0 Å². The van der Waals surface area contributed by atoms with Crippen LogP contribution < -0.4 is 5.32 Å². The molecule has 2 aromatic carbocycles. The standard InChI is InChI=1S/C22H22F3N5O/c23-22(24,25)18-8-4-5-9-20(18)30-15-19(27-28-30)21(31)26-17-10-12-29(13-11-17)14-16-6-2-1-3-7-16/h1-9,15,17H,10-14H2,(H,26,31). The summed E-state index contributed by atoms with van der Waals surface area (Å²) >= 11 is 0. The molecule has 4 rings (SSSR count). The molecule has 0 unspecified atom stereocenters. The molecule has 0 bridgehead atoms. The fourth-order valence-corrected chi connectivity index (χ4v) is 3.74. The van der Waals surface area contributed by atoms with Crippen molar-refractivity contribution in [1.82, 2.24) is 25.2 Å². The maximum atomic E-state index is 13.2. The zero-order valence-electron chi connectivity index (χ0n) is 16.7. The van der Waals surface area contributed by atoms with Gasteiger partial charge in [-0.25, -0.2) is 4.68 Å². The lowest BCUT2D eigenvalue weighted by atomic mass is 10.0. The predicted octanol–water partition coefficient (Wildman–Crippen LogP) is 3.68. The van der Waals surface area contributed by atoms with Crippen molar-refractivity contribution in [2.24, 2.45) is 0 Å². The number of alkyl halides is 3. The predicted molar refractivity (Wildman–Crippen MR) is 109 cm³/mol. The fourth-order valence-electron chi connectivity index (χ4n) is 3.74. The number of aromatic nitrogens is 3. The number of amides is 1. The van der Waals surface area contributed by atoms with E-state index in [1.165, 1.54) is 30.0 Å². The summed E-state index contributed by atoms with van der Waals surface area (Å²) in [5, 5.41) is 10.4. The number of halogens is 3. The number of hydrogen-bond donors (Lipinski definition) is 1. The smallest absolute Gasteiger partial charge is 0.348 e. The minimum Gasteiger partial charge on any atom is -0.348 e. The molecule has 0 atom stereocenters. The van der Waals surface area contributed by atoms with Gasteiger partial charge in [0, 0.05) is 25.7 Å². The minimum absolute atomic E-state index is 0.00728. The molecule has 1 amide bonds. The van der Waals surface area contributed by atoms with Crippen molar-refractivity contribution >= 4 is 5.91 Å². The molecule has 1 aliphatic heterocycles. The van der Waals surface area contributed by atoms with Gasteiger partial charge in [-0.3, -0.25) is 9.69 Å². The van der Waals surface area contributed by atoms with Crippen LogP contribution in [0.25, 0.3) is 5.69 Å². The third-order valence-corrected chi connectivity index (χ3v) is 5.35. The molecule has 0 radical (unpaired) electrons. The van der Waals surface area contributed by atoms with Gasteiger partial charge in [-0.1, -0.05) is 47.7 Å². The number of hydrogen-bond acceptors (Lipinski definition) is 4. The molecule has 9 heteroatoms. The van der Waals surface area contributed by atoms with Crippen LogP contribution >= 0.6 is 0 Å². The Kier molecular flexibility index (Phi) is 6.03. The van der Waals surface area contributed by atoms with E-state index in [0.717, 1.165) is 43.2 Å². The van der Waals surface area contributed by atoms with Crippen molar-refractivity contribution in [1.29, 1.82) is 0 Å². The zero-order valence-corrected chi connectivity index (χ0v) is 16.7. The average Bonchev–Trinajstić information content (AvgIpc) is 3.26. The van der Waals surface area contributed by atoms with Gasteiger partial charge in [0.25, 0.3) is 5.91 Å². The zero-order chi connectivity index (χ0) is 21.8. The largest absolute Gasteiger partial charge is 0.418 e. The van der Waals surface area contributed by atoms with Gasteiger partial charge in [-0.05, 0) is 30.5 Å². The van der Waals surface area contributed by atoms with Crippen LogP contribution in [0.15, 0.2) is 60.8 Å². The number of nitrogens with one attached hydrogen (secondary N) is 1. The van der Waals surface area contributed by atoms with Crippen molar-refractivity contribution in [3.05, 3.63) is 77.6 Å². The number of carbonyl (C=O) groups is 1. The molecule has 31 heavy (non-hydrogen) atoms. The molecule has 1 N–H and O–H groups in total. The van der Waals surface area contributed by atoms with E-state index in [1.807, 2.05) is 18.2 Å². The molecule has 0 saturated carbocycles. The van der Waals surface area contributed by atoms with Crippen LogP contribution in [-0.4, -0.2) is 44.9 Å². The number of piperidine rings is 1. The summed E-state index contributed by atoms with van der Waals surface area (Å²) in [6, 6.07) is 15.3. The van der Waals surface area contributed by atoms with Gasteiger partial charge in [0.15, 0.2) is 5.69 Å². The second kappa shape index (κ2) is 8.89. The second-order valence-electron chi connectivity index (χ2n) is 7.57. The van der Waals surface area contributed by atoms with Crippen LogP contribution in [0.4, 0.5) is 13.2 Å². The van der Waals surface area contributed by atoms with Crippen LogP contribution in [0.5, 0.6) is 0 Å². The molecule has 0 aliphatic carbocycles. The Bertz CT molecular complexity index is 1030. The first-order valence-electron chi connectivity index (χ1n) is 10.1. The Morgan fingerprint density at radius 3 is 2.42 bits per heavy atom. The normalized spacial score (nSPS) is 15.7. The van der Waals surface area contributed by atoms with E-state index >= 15 is 0 Å². The number of nitrogens with zero attached hydrogens (tertiary/aromatic N) is 4. The summed E-state index contributed by atoms with van der Waals surface area (Å²) in [7, 11) is 0. The summed E-state index contributed by atoms with van der Waals surface area (Å²) in [5.74, 6) is -0.433. The molecule has 1 aliphatic rings. The van der Waals surface area contributed by atoms with E-state index < -0.39 is 17.6 Å². The van der Waals surface area contributed by atoms with E-state index in [-0.39, 0.29) is 17.4 Å². The highest BCUT2D eigenvalue weighted by atomic mass is 19.4. The van der Waals surface area contributed by atoms with Gasteiger partial charge in [-0.15, -0.1) is 5.10 Å². The summed E-state index contributed by atoms with van der Waals surface area (Å²) in [6.07, 6.45) is -1.71. The first-order valence-corrected chi connectivity index (χ1v) is 10.1. The van der Waals surface area contributed by atoms with Gasteiger partial charge < -0.3 is 5.32 Å². The first-order chi connectivity index (χ1) is 14.9. The van der Waals surface area contributed by atoms with E-state index in [0.29, 0.717) is 0 Å². The summed E-state index contributed by atoms with van der Waals surface area (Å²) in [4.78, 5) is 14.9. The Labute approximate surface area is 177 Å². The van der Waals surface area contributed by atoms with Crippen LogP contribution in [0.1, 0.15) is 34.5 Å². The lowest BCUT2D eigenvalue weighted by Gasteiger charge is -2.32. The maximum absolute atomic E-state index is 13.2. The highest BCUT2D eigenvalue weighted by molar-refractivity contribution is 5.92. The van der Waals surface area contributed by atoms with Crippen molar-refractivity contribution in [2.75, 3.05) is 13.1 Å². The molecule has 0 spiro atoms. The van der Waals surface area contributed by atoms with Crippen LogP contribution in [0, 0.1) is 0 Å². The number of para-hydroxylation sites is 1. The summed E-state index contributed by atoms with van der Waals surface area (Å²) in [6.45, 7) is 2.57. The Morgan fingerprint density at radius 2 is 1.71 bits per heavy atom. The summed E-state index contributed by atoms with van der Waals surface area (Å²) < 4.78 is 40.7. The molecule has 3 aromatic rings. The first kappa shape index (κ1) is 21.0. The molecule has 6 nitrogen and oxygen atoms in total. The van der Waals surface area contributed by atoms with E-state index in [9.17, 15) is 18.0 Å². The van der Waals surface area contributed by atoms with Crippen molar-refractivity contribution < 1.29 is 18.0 Å². The number of likely N-dealkylation sites (tertiary alicyclic amines) is 1. The molecule has 1 saturated heterocycles. The van der Waals surface area contributed by atoms with E-state index in [4.69, 9.17) is 0 Å². The van der Waals surface area contributed by atoms with Gasteiger partial charge in [0.1, 0.15) is 0 Å². The Balaban J connectivity index is 1.35. The lowest BCUT2D eigenvalue weighted by Crippen LogP contribution is -2.44. The van der Waals surface area contributed by atoms with Gasteiger partial charge in [0.2, 0.25) is 0 Å². The molecule has 1 aromatic heterocycles. The third kappa shape index (κ3) is 5.11. The van der Waals surface area contributed by atoms with E-state index in [2.05, 4.69) is 32.7 Å². The molecule has 2 heterocycles. The van der Waals surface area contributed by atoms with Crippen molar-refractivity contribution in [3.8, 4) is 5.69 Å². The number of rotatable bonds is 5. The minimum atomic E-state index is -4.53. The second-order valence-corrected chi connectivity index (χ2v) is 7.57. The van der Waals surface area contributed by atoms with Crippen LogP contribution in [0.2, 0.25) is 0 Å². The number of benzene rings is 2. The molecular weight excluding hydrogens is 407 g/mol. The van der Waals surface area contributed by atoms with Gasteiger partial charge in [0.05, 0.1) is 17.4 Å². The van der Waals surface area contributed by atoms with Gasteiger partial charge >= 0.3 is 6.18 Å². The van der Waals surface area contributed by atoms with Gasteiger partial charge in [-0.2, -0.15) is 13.2 Å². The fraction of sp³-hybridized carbons (Fsp3) is 0.318. The Hall–Kier alpha value is -3.20. The van der Waals surface area contributed by atoms with Crippen LogP contribution in [0.3, 0.4) is 0 Å². The quantitative estimate of drug-likeness (QED) is 0.672. The monoisotopic (exact) mass is 429 g/mol. The molecule has 162 valence electrons. The summed E-state index contributed by atoms with van der Waals surface area (Å²) in [5.41, 5.74) is 0.234. The average molecular weight is 429 g/mol. The topological polar surface area (TPSA) is 63.1 Å². The highest BCUT2D eigenvalue weighted by Crippen LogP contribution is 2.33. The highest BCUT2D eigenvalue weighted by Gasteiger charge is 2.34. The maximum Gasteiger partial charge on any atom is 0.418 e. The van der Waals surface area contributed by atoms with Crippen molar-refractivity contribution in [2.45, 2.75) is 31.6 Å². The molecule has 1 fully saturated rings.